The van der Waals surface area contributed by atoms with E-state index in [0.717, 1.165) is 21.8 Å². The number of carbonyl (C=O) groups is 2. The normalized spacial score (nSPS) is 12.1. The first-order valence-corrected chi connectivity index (χ1v) is 11.4. The molecule has 0 aliphatic carbocycles. The van der Waals surface area contributed by atoms with E-state index in [-0.39, 0.29) is 11.8 Å². The van der Waals surface area contributed by atoms with Gasteiger partial charge in [0.1, 0.15) is 11.7 Å². The molecular weight excluding hydrogens is 454 g/mol. The average molecular weight is 476 g/mol. The molecule has 6 rings (SSSR count). The number of amides is 2. The third kappa shape index (κ3) is 4.03. The van der Waals surface area contributed by atoms with Gasteiger partial charge in [-0.2, -0.15) is 0 Å². The molecule has 0 radical (unpaired) electrons. The number of H-pyrrole nitrogens is 2. The van der Waals surface area contributed by atoms with Crippen molar-refractivity contribution in [1.82, 2.24) is 30.2 Å². The molecule has 176 valence electrons. The summed E-state index contributed by atoms with van der Waals surface area (Å²) >= 11 is 0. The second-order valence-electron chi connectivity index (χ2n) is 8.52. The van der Waals surface area contributed by atoms with Crippen LogP contribution in [-0.4, -0.2) is 42.8 Å². The van der Waals surface area contributed by atoms with Gasteiger partial charge in [0.25, 0.3) is 5.91 Å². The maximum atomic E-state index is 12.9. The molecule has 0 spiro atoms. The van der Waals surface area contributed by atoms with E-state index in [4.69, 9.17) is 0 Å². The Balaban J connectivity index is 1.17. The lowest BCUT2D eigenvalue weighted by atomic mass is 10.1. The molecule has 3 aromatic heterocycles. The molecule has 0 aliphatic rings. The molecule has 0 saturated heterocycles. The van der Waals surface area contributed by atoms with E-state index < -0.39 is 6.04 Å². The van der Waals surface area contributed by atoms with Crippen molar-refractivity contribution < 1.29 is 9.59 Å². The first-order chi connectivity index (χ1) is 17.5. The van der Waals surface area contributed by atoms with Gasteiger partial charge in [0.2, 0.25) is 11.9 Å². The highest BCUT2D eigenvalue weighted by Crippen LogP contribution is 2.23. The van der Waals surface area contributed by atoms with Crippen LogP contribution in [0, 0.1) is 0 Å². The van der Waals surface area contributed by atoms with E-state index >= 15 is 0 Å². The summed E-state index contributed by atoms with van der Waals surface area (Å²) in [7, 11) is 0. The minimum Gasteiger partial charge on any atom is -0.341 e. The van der Waals surface area contributed by atoms with Crippen molar-refractivity contribution in [2.75, 3.05) is 5.32 Å². The molecule has 0 bridgehead atoms. The van der Waals surface area contributed by atoms with Gasteiger partial charge in [-0.1, -0.05) is 36.4 Å². The number of pyridine rings is 1. The Bertz CT molecular complexity index is 1740. The predicted molar refractivity (Wildman–Crippen MR) is 138 cm³/mol. The van der Waals surface area contributed by atoms with Crippen molar-refractivity contribution in [3.05, 3.63) is 84.6 Å². The van der Waals surface area contributed by atoms with Crippen LogP contribution in [0.2, 0.25) is 0 Å². The summed E-state index contributed by atoms with van der Waals surface area (Å²) in [6.45, 7) is 1.62. The molecular formula is C27H21N7O2. The monoisotopic (exact) mass is 475 g/mol. The van der Waals surface area contributed by atoms with Crippen LogP contribution in [-0.2, 0) is 4.79 Å². The number of carbonyl (C=O) groups excluding carboxylic acids is 2. The average Bonchev–Trinajstić information content (AvgIpc) is 3.51. The Morgan fingerprint density at radius 1 is 0.833 bits per heavy atom. The first-order valence-electron chi connectivity index (χ1n) is 11.4. The van der Waals surface area contributed by atoms with Gasteiger partial charge in [-0.3, -0.25) is 19.9 Å². The molecule has 1 atom stereocenters. The van der Waals surface area contributed by atoms with Crippen molar-refractivity contribution in [2.24, 2.45) is 0 Å². The lowest BCUT2D eigenvalue weighted by Crippen LogP contribution is -2.41. The largest absolute Gasteiger partial charge is 0.341 e. The van der Waals surface area contributed by atoms with Crippen LogP contribution in [0.1, 0.15) is 17.3 Å². The minimum absolute atomic E-state index is 0.330. The minimum atomic E-state index is -0.777. The summed E-state index contributed by atoms with van der Waals surface area (Å²) in [4.78, 5) is 45.2. The number of rotatable bonds is 5. The number of hydrogen-bond acceptors (Lipinski definition) is 5. The van der Waals surface area contributed by atoms with Crippen molar-refractivity contribution in [3.8, 4) is 11.5 Å². The lowest BCUT2D eigenvalue weighted by molar-refractivity contribution is -0.117. The zero-order chi connectivity index (χ0) is 24.6. The second-order valence-corrected chi connectivity index (χ2v) is 8.52. The van der Waals surface area contributed by atoms with Gasteiger partial charge in [-0.05, 0) is 48.7 Å². The van der Waals surface area contributed by atoms with E-state index in [1.54, 1.807) is 25.1 Å². The molecule has 1 unspecified atom stereocenters. The fourth-order valence-corrected chi connectivity index (χ4v) is 4.07. The number of para-hydroxylation sites is 2. The maximum Gasteiger partial charge on any atom is 0.251 e. The van der Waals surface area contributed by atoms with Crippen LogP contribution in [0.25, 0.3) is 44.4 Å². The highest BCUT2D eigenvalue weighted by molar-refractivity contribution is 6.02. The maximum absolute atomic E-state index is 12.9. The second kappa shape index (κ2) is 8.62. The van der Waals surface area contributed by atoms with Crippen LogP contribution >= 0.6 is 0 Å². The summed E-state index contributed by atoms with van der Waals surface area (Å²) in [6.07, 6.45) is 1.81. The SMILES string of the molecule is CC(NC(=O)c1ccc2nc(-c3cc4ccccc4cn3)[nH]c2c1)C(=O)Nc1nc2ccccc2[nH]1. The van der Waals surface area contributed by atoms with Crippen LogP contribution in [0.15, 0.2) is 79.0 Å². The van der Waals surface area contributed by atoms with Crippen molar-refractivity contribution in [2.45, 2.75) is 13.0 Å². The van der Waals surface area contributed by atoms with Gasteiger partial charge < -0.3 is 15.3 Å². The Morgan fingerprint density at radius 3 is 2.47 bits per heavy atom. The summed E-state index contributed by atoms with van der Waals surface area (Å²) in [5.41, 5.74) is 4.10. The summed E-state index contributed by atoms with van der Waals surface area (Å²) in [5, 5.41) is 7.56. The number of nitrogens with zero attached hydrogens (tertiary/aromatic N) is 3. The van der Waals surface area contributed by atoms with E-state index in [9.17, 15) is 9.59 Å². The van der Waals surface area contributed by atoms with E-state index in [1.165, 1.54) is 0 Å². The van der Waals surface area contributed by atoms with Crippen LogP contribution in [0.5, 0.6) is 0 Å². The fourth-order valence-electron chi connectivity index (χ4n) is 4.07. The Morgan fingerprint density at radius 2 is 1.61 bits per heavy atom. The standard InChI is InChI=1S/C27H21N7O2/c1-15(25(35)34-27-32-19-8-4-5-9-20(19)33-27)29-26(36)17-10-11-21-22(13-17)31-24(30-21)23-12-16-6-2-3-7-18(16)14-28-23/h2-15H,1H3,(H,29,36)(H,30,31)(H2,32,33,34,35). The highest BCUT2D eigenvalue weighted by atomic mass is 16.2. The van der Waals surface area contributed by atoms with Crippen LogP contribution in [0.3, 0.4) is 0 Å². The van der Waals surface area contributed by atoms with Gasteiger partial charge in [-0.15, -0.1) is 0 Å². The Labute approximate surface area is 205 Å². The number of benzene rings is 3. The molecule has 4 N–H and O–H groups in total. The van der Waals surface area contributed by atoms with E-state index in [1.807, 2.05) is 60.8 Å². The molecule has 9 heteroatoms. The molecule has 0 aliphatic heterocycles. The molecule has 3 aromatic carbocycles. The summed E-state index contributed by atoms with van der Waals surface area (Å²) < 4.78 is 0. The van der Waals surface area contributed by atoms with Gasteiger partial charge in [0.15, 0.2) is 5.82 Å². The molecule has 0 saturated carbocycles. The molecule has 36 heavy (non-hydrogen) atoms. The van der Waals surface area contributed by atoms with E-state index in [0.29, 0.717) is 34.1 Å². The van der Waals surface area contributed by atoms with E-state index in [2.05, 4.69) is 35.6 Å². The number of hydrogen-bond donors (Lipinski definition) is 4. The third-order valence-corrected chi connectivity index (χ3v) is 5.99. The number of anilines is 1. The third-order valence-electron chi connectivity index (χ3n) is 5.99. The molecule has 6 aromatic rings. The van der Waals surface area contributed by atoms with Crippen molar-refractivity contribution in [1.29, 1.82) is 0 Å². The zero-order valence-electron chi connectivity index (χ0n) is 19.2. The first kappa shape index (κ1) is 21.5. The van der Waals surface area contributed by atoms with Crippen molar-refractivity contribution in [3.63, 3.8) is 0 Å². The zero-order valence-corrected chi connectivity index (χ0v) is 19.2. The highest BCUT2D eigenvalue weighted by Gasteiger charge is 2.19. The van der Waals surface area contributed by atoms with Crippen LogP contribution < -0.4 is 10.6 Å². The summed E-state index contributed by atoms with van der Waals surface area (Å²) in [5.74, 6) is 0.196. The quantitative estimate of drug-likeness (QED) is 0.294. The number of fused-ring (bicyclic) bond motifs is 3. The Hall–Kier alpha value is -5.05. The molecule has 9 nitrogen and oxygen atoms in total. The fraction of sp³-hybridized carbons (Fsp3) is 0.0741. The lowest BCUT2D eigenvalue weighted by Gasteiger charge is -2.13. The summed E-state index contributed by atoms with van der Waals surface area (Å²) in [6, 6.07) is 21.8. The predicted octanol–water partition coefficient (Wildman–Crippen LogP) is 4.41. The molecule has 0 fully saturated rings. The number of aromatic amines is 2. The van der Waals surface area contributed by atoms with Crippen molar-refractivity contribution >= 4 is 50.6 Å². The topological polar surface area (TPSA) is 128 Å². The van der Waals surface area contributed by atoms with Gasteiger partial charge in [0.05, 0.1) is 22.1 Å². The Kier molecular flexibility index (Phi) is 5.15. The number of aromatic nitrogens is 5. The molecule has 3 heterocycles. The van der Waals surface area contributed by atoms with Gasteiger partial charge in [0, 0.05) is 17.1 Å². The van der Waals surface area contributed by atoms with Crippen LogP contribution in [0.4, 0.5) is 5.95 Å². The van der Waals surface area contributed by atoms with Gasteiger partial charge in [-0.25, -0.2) is 9.97 Å². The number of imidazole rings is 2. The number of nitrogens with one attached hydrogen (secondary N) is 4. The molecule has 2 amide bonds. The smallest absolute Gasteiger partial charge is 0.251 e. The van der Waals surface area contributed by atoms with Gasteiger partial charge >= 0.3 is 0 Å².